The van der Waals surface area contributed by atoms with Gasteiger partial charge >= 0.3 is 0 Å². The quantitative estimate of drug-likeness (QED) is 0.858. The lowest BCUT2D eigenvalue weighted by atomic mass is 10.0. The summed E-state index contributed by atoms with van der Waals surface area (Å²) in [5.74, 6) is 0.777. The van der Waals surface area contributed by atoms with Crippen molar-refractivity contribution in [2.45, 2.75) is 45.8 Å². The molecule has 2 N–H and O–H groups in total. The molecule has 0 unspecified atom stereocenters. The number of amides is 1. The third-order valence-corrected chi connectivity index (χ3v) is 2.97. The molecule has 1 aromatic rings. The Morgan fingerprint density at radius 1 is 1.42 bits per heavy atom. The van der Waals surface area contributed by atoms with E-state index >= 15 is 0 Å². The molecule has 19 heavy (non-hydrogen) atoms. The van der Waals surface area contributed by atoms with E-state index in [1.807, 2.05) is 18.2 Å². The number of benzene rings is 1. The van der Waals surface area contributed by atoms with E-state index in [1.54, 1.807) is 7.11 Å². The minimum atomic E-state index is -1.37. The fraction of sp³-hybridized carbons (Fsp3) is 0.533. The van der Waals surface area contributed by atoms with Gasteiger partial charge in [-0.05, 0) is 31.4 Å². The Morgan fingerprint density at radius 2 is 2.05 bits per heavy atom. The van der Waals surface area contributed by atoms with Crippen LogP contribution in [0.5, 0.6) is 5.75 Å². The molecule has 0 bridgehead atoms. The van der Waals surface area contributed by atoms with Crippen molar-refractivity contribution in [3.63, 3.8) is 0 Å². The minimum Gasteiger partial charge on any atom is -0.496 e. The highest BCUT2D eigenvalue weighted by atomic mass is 16.5. The lowest BCUT2D eigenvalue weighted by Crippen LogP contribution is -2.41. The van der Waals surface area contributed by atoms with Crippen LogP contribution < -0.4 is 10.1 Å². The molecule has 4 nitrogen and oxygen atoms in total. The average molecular weight is 265 g/mol. The molecule has 0 atom stereocenters. The van der Waals surface area contributed by atoms with Gasteiger partial charge in [-0.25, -0.2) is 0 Å². The number of hydrogen-bond acceptors (Lipinski definition) is 3. The Balaban J connectivity index is 2.82. The van der Waals surface area contributed by atoms with Gasteiger partial charge in [-0.1, -0.05) is 26.0 Å². The molecular formula is C15H23NO3. The maximum Gasteiger partial charge on any atom is 0.251 e. The normalized spacial score (nSPS) is 11.5. The van der Waals surface area contributed by atoms with Gasteiger partial charge in [0.25, 0.3) is 5.91 Å². The van der Waals surface area contributed by atoms with Crippen molar-refractivity contribution in [3.05, 3.63) is 29.3 Å². The molecule has 0 heterocycles. The van der Waals surface area contributed by atoms with E-state index in [0.717, 1.165) is 11.3 Å². The highest BCUT2D eigenvalue weighted by Crippen LogP contribution is 2.24. The zero-order valence-corrected chi connectivity index (χ0v) is 12.3. The molecule has 1 rings (SSSR count). The first-order chi connectivity index (χ1) is 8.75. The SMILES string of the molecule is COc1cc(C(C)C)ccc1CNC(=O)C(C)(C)O. The van der Waals surface area contributed by atoms with Crippen LogP contribution >= 0.6 is 0 Å². The molecule has 0 saturated carbocycles. The van der Waals surface area contributed by atoms with Crippen LogP contribution in [0.15, 0.2) is 18.2 Å². The number of carbonyl (C=O) groups is 1. The number of hydrogen-bond donors (Lipinski definition) is 2. The topological polar surface area (TPSA) is 58.6 Å². The smallest absolute Gasteiger partial charge is 0.251 e. The summed E-state index contributed by atoms with van der Waals surface area (Å²) in [6, 6.07) is 5.95. The number of methoxy groups -OCH3 is 1. The highest BCUT2D eigenvalue weighted by Gasteiger charge is 2.23. The summed E-state index contributed by atoms with van der Waals surface area (Å²) < 4.78 is 5.34. The molecule has 0 aliphatic rings. The van der Waals surface area contributed by atoms with Crippen molar-refractivity contribution in [1.82, 2.24) is 5.32 Å². The third-order valence-electron chi connectivity index (χ3n) is 2.97. The summed E-state index contributed by atoms with van der Waals surface area (Å²) >= 11 is 0. The van der Waals surface area contributed by atoms with E-state index in [9.17, 15) is 9.90 Å². The maximum atomic E-state index is 11.6. The van der Waals surface area contributed by atoms with Crippen molar-refractivity contribution >= 4 is 5.91 Å². The fourth-order valence-corrected chi connectivity index (χ4v) is 1.66. The Bertz CT molecular complexity index is 447. The second-order valence-corrected chi connectivity index (χ2v) is 5.47. The largest absolute Gasteiger partial charge is 0.496 e. The number of rotatable bonds is 5. The molecular weight excluding hydrogens is 242 g/mol. The van der Waals surface area contributed by atoms with Gasteiger partial charge in [-0.3, -0.25) is 4.79 Å². The van der Waals surface area contributed by atoms with Crippen LogP contribution in [0, 0.1) is 0 Å². The molecule has 0 spiro atoms. The zero-order valence-electron chi connectivity index (χ0n) is 12.3. The van der Waals surface area contributed by atoms with Crippen LogP contribution in [0.3, 0.4) is 0 Å². The summed E-state index contributed by atoms with van der Waals surface area (Å²) in [5, 5.41) is 12.3. The van der Waals surface area contributed by atoms with E-state index in [4.69, 9.17) is 4.74 Å². The maximum absolute atomic E-state index is 11.6. The third kappa shape index (κ3) is 4.24. The van der Waals surface area contributed by atoms with Gasteiger partial charge < -0.3 is 15.2 Å². The van der Waals surface area contributed by atoms with E-state index in [1.165, 1.54) is 19.4 Å². The first kappa shape index (κ1) is 15.5. The molecule has 4 heteroatoms. The second-order valence-electron chi connectivity index (χ2n) is 5.47. The van der Waals surface area contributed by atoms with Crippen molar-refractivity contribution in [2.75, 3.05) is 7.11 Å². The number of aliphatic hydroxyl groups is 1. The van der Waals surface area contributed by atoms with Crippen LogP contribution in [0.1, 0.15) is 44.7 Å². The van der Waals surface area contributed by atoms with Gasteiger partial charge in [0.15, 0.2) is 0 Å². The van der Waals surface area contributed by atoms with E-state index in [2.05, 4.69) is 19.2 Å². The van der Waals surface area contributed by atoms with E-state index in [-0.39, 0.29) is 0 Å². The summed E-state index contributed by atoms with van der Waals surface area (Å²) in [6.45, 7) is 7.49. The van der Waals surface area contributed by atoms with Gasteiger partial charge in [-0.2, -0.15) is 0 Å². The molecule has 0 aliphatic carbocycles. The number of carbonyl (C=O) groups excluding carboxylic acids is 1. The van der Waals surface area contributed by atoms with Gasteiger partial charge in [0.05, 0.1) is 7.11 Å². The van der Waals surface area contributed by atoms with E-state index < -0.39 is 11.5 Å². The van der Waals surface area contributed by atoms with Crippen LogP contribution in [0.2, 0.25) is 0 Å². The van der Waals surface area contributed by atoms with Crippen LogP contribution in [0.4, 0.5) is 0 Å². The van der Waals surface area contributed by atoms with Crippen molar-refractivity contribution in [2.24, 2.45) is 0 Å². The van der Waals surface area contributed by atoms with E-state index in [0.29, 0.717) is 12.5 Å². The number of nitrogens with one attached hydrogen (secondary N) is 1. The molecule has 0 fully saturated rings. The summed E-state index contributed by atoms with van der Waals surface area (Å²) in [4.78, 5) is 11.6. The highest BCUT2D eigenvalue weighted by molar-refractivity contribution is 5.83. The standard InChI is InChI=1S/C15H23NO3/c1-10(2)11-6-7-12(13(8-11)19-5)9-16-14(17)15(3,4)18/h6-8,10,18H,9H2,1-5H3,(H,16,17). The predicted octanol–water partition coefficient (Wildman–Crippen LogP) is 2.21. The molecule has 0 saturated heterocycles. The predicted molar refractivity (Wildman–Crippen MR) is 75.2 cm³/mol. The minimum absolute atomic E-state index is 0.338. The molecule has 0 aliphatic heterocycles. The summed E-state index contributed by atoms with van der Waals surface area (Å²) in [5.41, 5.74) is 0.712. The Hall–Kier alpha value is -1.55. The van der Waals surface area contributed by atoms with Gasteiger partial charge in [-0.15, -0.1) is 0 Å². The van der Waals surface area contributed by atoms with Crippen molar-refractivity contribution in [3.8, 4) is 5.75 Å². The summed E-state index contributed by atoms with van der Waals surface area (Å²) in [6.07, 6.45) is 0. The number of ether oxygens (including phenoxy) is 1. The monoisotopic (exact) mass is 265 g/mol. The molecule has 106 valence electrons. The first-order valence-electron chi connectivity index (χ1n) is 6.43. The Labute approximate surface area is 114 Å². The van der Waals surface area contributed by atoms with Crippen LogP contribution in [0.25, 0.3) is 0 Å². The molecule has 1 amide bonds. The van der Waals surface area contributed by atoms with Crippen molar-refractivity contribution < 1.29 is 14.6 Å². The summed E-state index contributed by atoms with van der Waals surface area (Å²) in [7, 11) is 1.61. The Kier molecular flexibility index (Phi) is 4.95. The lowest BCUT2D eigenvalue weighted by Gasteiger charge is -2.18. The fourth-order valence-electron chi connectivity index (χ4n) is 1.66. The Morgan fingerprint density at radius 3 is 2.53 bits per heavy atom. The van der Waals surface area contributed by atoms with Gasteiger partial charge in [0.2, 0.25) is 0 Å². The molecule has 1 aromatic carbocycles. The van der Waals surface area contributed by atoms with Crippen LogP contribution in [-0.2, 0) is 11.3 Å². The van der Waals surface area contributed by atoms with Gasteiger partial charge in [0, 0.05) is 12.1 Å². The van der Waals surface area contributed by atoms with Crippen molar-refractivity contribution in [1.29, 1.82) is 0 Å². The zero-order chi connectivity index (χ0) is 14.6. The lowest BCUT2D eigenvalue weighted by molar-refractivity contribution is -0.136. The van der Waals surface area contributed by atoms with Gasteiger partial charge in [0.1, 0.15) is 11.4 Å². The average Bonchev–Trinajstić information content (AvgIpc) is 2.34. The molecule has 0 radical (unpaired) electrons. The first-order valence-corrected chi connectivity index (χ1v) is 6.43. The second kappa shape index (κ2) is 6.06. The molecule has 0 aromatic heterocycles. The van der Waals surface area contributed by atoms with Crippen LogP contribution in [-0.4, -0.2) is 23.7 Å².